The molecule has 0 bridgehead atoms. The molecule has 4 heteroatoms. The van der Waals surface area contributed by atoms with Gasteiger partial charge >= 0.3 is 0 Å². The summed E-state index contributed by atoms with van der Waals surface area (Å²) in [4.78, 5) is 12.4. The summed E-state index contributed by atoms with van der Waals surface area (Å²) in [6.45, 7) is 11.7. The predicted octanol–water partition coefficient (Wildman–Crippen LogP) is 5.59. The highest BCUT2D eigenvalue weighted by molar-refractivity contribution is 6.06. The molecule has 0 heterocycles. The number of hydrogen-bond acceptors (Lipinski definition) is 4. The van der Waals surface area contributed by atoms with Gasteiger partial charge in [0, 0.05) is 11.1 Å². The van der Waals surface area contributed by atoms with Crippen LogP contribution in [0.3, 0.4) is 0 Å². The Kier molecular flexibility index (Phi) is 7.44. The molecule has 0 aliphatic carbocycles. The molecule has 0 saturated carbocycles. The van der Waals surface area contributed by atoms with Gasteiger partial charge in [-0.25, -0.2) is 0 Å². The smallest absolute Gasteiger partial charge is 0.185 e. The maximum absolute atomic E-state index is 12.4. The summed E-state index contributed by atoms with van der Waals surface area (Å²) >= 11 is 0. The third-order valence-electron chi connectivity index (χ3n) is 3.84. The van der Waals surface area contributed by atoms with Crippen molar-refractivity contribution in [3.05, 3.63) is 71.8 Å². The normalized spacial score (nSPS) is 11.2. The molecule has 148 valence electrons. The van der Waals surface area contributed by atoms with Gasteiger partial charge in [-0.2, -0.15) is 0 Å². The van der Waals surface area contributed by atoms with Gasteiger partial charge in [0.2, 0.25) is 0 Å². The third kappa shape index (κ3) is 6.02. The lowest BCUT2D eigenvalue weighted by molar-refractivity contribution is 0.104. The molecule has 0 saturated heterocycles. The molecule has 0 spiro atoms. The fourth-order valence-corrected chi connectivity index (χ4v) is 2.69. The molecule has 28 heavy (non-hydrogen) atoms. The zero-order chi connectivity index (χ0) is 20.7. The fraction of sp³-hybridized carbons (Fsp3) is 0.292. The van der Waals surface area contributed by atoms with Crippen molar-refractivity contribution in [1.82, 2.24) is 0 Å². The number of rotatable bonds is 9. The highest BCUT2D eigenvalue weighted by Gasteiger charge is 2.14. The molecule has 2 aromatic carbocycles. The van der Waals surface area contributed by atoms with Crippen molar-refractivity contribution >= 4 is 11.9 Å². The second kappa shape index (κ2) is 9.79. The molecule has 0 fully saturated rings. The zero-order valence-corrected chi connectivity index (χ0v) is 16.9. The van der Waals surface area contributed by atoms with Crippen molar-refractivity contribution < 1.29 is 19.4 Å². The molecular formula is C24H28O4. The first-order valence-electron chi connectivity index (χ1n) is 9.42. The van der Waals surface area contributed by atoms with Gasteiger partial charge < -0.3 is 14.6 Å². The van der Waals surface area contributed by atoms with E-state index in [9.17, 15) is 9.90 Å². The summed E-state index contributed by atoms with van der Waals surface area (Å²) < 4.78 is 12.0. The second-order valence-corrected chi connectivity index (χ2v) is 7.07. The first-order valence-corrected chi connectivity index (χ1v) is 9.42. The average Bonchev–Trinajstić information content (AvgIpc) is 2.62. The second-order valence-electron chi connectivity index (χ2n) is 7.07. The van der Waals surface area contributed by atoms with Crippen molar-refractivity contribution in [1.29, 1.82) is 0 Å². The molecule has 0 aliphatic heterocycles. The number of carbonyl (C=O) groups excluding carboxylic acids is 1. The quantitative estimate of drug-likeness (QED) is 0.350. The van der Waals surface area contributed by atoms with Gasteiger partial charge in [0.05, 0.1) is 12.2 Å². The molecule has 2 rings (SSSR count). The SMILES string of the molecule is C=CCc1c(OC(C)C)cc(C=CC(=O)c2ccc(O)cc2)cc1OC(C)C. The van der Waals surface area contributed by atoms with Crippen molar-refractivity contribution in [3.8, 4) is 17.2 Å². The van der Waals surface area contributed by atoms with Gasteiger partial charge in [-0.15, -0.1) is 6.58 Å². The van der Waals surface area contributed by atoms with Crippen LogP contribution >= 0.6 is 0 Å². The minimum Gasteiger partial charge on any atom is -0.508 e. The largest absolute Gasteiger partial charge is 0.508 e. The van der Waals surface area contributed by atoms with Gasteiger partial charge in [0.15, 0.2) is 5.78 Å². The van der Waals surface area contributed by atoms with Crippen LogP contribution in [0.1, 0.15) is 49.2 Å². The molecule has 0 unspecified atom stereocenters. The van der Waals surface area contributed by atoms with Gasteiger partial charge in [-0.05, 0) is 82.2 Å². The molecule has 0 atom stereocenters. The summed E-state index contributed by atoms with van der Waals surface area (Å²) in [5, 5.41) is 9.36. The lowest BCUT2D eigenvalue weighted by Gasteiger charge is -2.20. The van der Waals surface area contributed by atoms with Crippen LogP contribution in [0, 0.1) is 0 Å². The topological polar surface area (TPSA) is 55.8 Å². The third-order valence-corrected chi connectivity index (χ3v) is 3.84. The van der Waals surface area contributed by atoms with E-state index in [-0.39, 0.29) is 23.7 Å². The van der Waals surface area contributed by atoms with Crippen LogP contribution in [-0.4, -0.2) is 23.1 Å². The van der Waals surface area contributed by atoms with E-state index in [0.29, 0.717) is 12.0 Å². The molecule has 0 aromatic heterocycles. The number of carbonyl (C=O) groups is 1. The van der Waals surface area contributed by atoms with Crippen LogP contribution < -0.4 is 9.47 Å². The number of aromatic hydroxyl groups is 1. The number of allylic oxidation sites excluding steroid dienone is 2. The van der Waals surface area contributed by atoms with Crippen LogP contribution in [0.25, 0.3) is 6.08 Å². The molecule has 4 nitrogen and oxygen atoms in total. The van der Waals surface area contributed by atoms with Crippen LogP contribution in [0.2, 0.25) is 0 Å². The van der Waals surface area contributed by atoms with Crippen LogP contribution in [0.15, 0.2) is 55.1 Å². The summed E-state index contributed by atoms with van der Waals surface area (Å²) in [7, 11) is 0. The predicted molar refractivity (Wildman–Crippen MR) is 113 cm³/mol. The monoisotopic (exact) mass is 380 g/mol. The summed E-state index contributed by atoms with van der Waals surface area (Å²) in [6, 6.07) is 9.99. The van der Waals surface area contributed by atoms with Crippen LogP contribution in [0.5, 0.6) is 17.2 Å². The van der Waals surface area contributed by atoms with Crippen molar-refractivity contribution in [2.45, 2.75) is 46.3 Å². The van der Waals surface area contributed by atoms with E-state index in [4.69, 9.17) is 9.47 Å². The number of phenols is 1. The lowest BCUT2D eigenvalue weighted by atomic mass is 10.0. The Hall–Kier alpha value is -3.01. The molecule has 0 radical (unpaired) electrons. The maximum Gasteiger partial charge on any atom is 0.185 e. The molecule has 2 aromatic rings. The first kappa shape index (κ1) is 21.3. The van der Waals surface area contributed by atoms with Crippen molar-refractivity contribution in [3.63, 3.8) is 0 Å². The number of ether oxygens (including phenoxy) is 2. The Morgan fingerprint density at radius 3 is 2.04 bits per heavy atom. The van der Waals surface area contributed by atoms with E-state index >= 15 is 0 Å². The van der Waals surface area contributed by atoms with Gasteiger partial charge in [-0.1, -0.05) is 12.2 Å². The Labute approximate surface area is 167 Å². The number of ketones is 1. The van der Waals surface area contributed by atoms with E-state index < -0.39 is 0 Å². The highest BCUT2D eigenvalue weighted by atomic mass is 16.5. The van der Waals surface area contributed by atoms with Crippen LogP contribution in [-0.2, 0) is 6.42 Å². The summed E-state index contributed by atoms with van der Waals surface area (Å²) in [6.07, 6.45) is 5.71. The maximum atomic E-state index is 12.4. The van der Waals surface area contributed by atoms with E-state index in [2.05, 4.69) is 6.58 Å². The van der Waals surface area contributed by atoms with Gasteiger partial charge in [0.25, 0.3) is 0 Å². The summed E-state index contributed by atoms with van der Waals surface area (Å²) in [5.41, 5.74) is 2.26. The minimum absolute atomic E-state index is 0.00771. The summed E-state index contributed by atoms with van der Waals surface area (Å²) in [5.74, 6) is 1.44. The van der Waals surface area contributed by atoms with Gasteiger partial charge in [-0.3, -0.25) is 4.79 Å². The van der Waals surface area contributed by atoms with E-state index in [1.165, 1.54) is 18.2 Å². The molecule has 1 N–H and O–H groups in total. The Morgan fingerprint density at radius 1 is 1.04 bits per heavy atom. The molecular weight excluding hydrogens is 352 g/mol. The number of hydrogen-bond donors (Lipinski definition) is 1. The zero-order valence-electron chi connectivity index (χ0n) is 16.9. The van der Waals surface area contributed by atoms with E-state index in [1.807, 2.05) is 45.9 Å². The molecule has 0 amide bonds. The lowest BCUT2D eigenvalue weighted by Crippen LogP contribution is -2.11. The van der Waals surface area contributed by atoms with Crippen molar-refractivity contribution in [2.24, 2.45) is 0 Å². The van der Waals surface area contributed by atoms with Crippen molar-refractivity contribution in [2.75, 3.05) is 0 Å². The van der Waals surface area contributed by atoms with Crippen LogP contribution in [0.4, 0.5) is 0 Å². The first-order chi connectivity index (χ1) is 13.3. The van der Waals surface area contributed by atoms with Gasteiger partial charge in [0.1, 0.15) is 17.2 Å². The Balaban J connectivity index is 2.40. The Morgan fingerprint density at radius 2 is 1.57 bits per heavy atom. The standard InChI is InChI=1S/C24H28O4/c1-6-7-21-23(27-16(2)3)14-18(15-24(21)28-17(4)5)8-13-22(26)19-9-11-20(25)12-10-19/h6,8-17,25H,1,7H2,2-5H3. The highest BCUT2D eigenvalue weighted by Crippen LogP contribution is 2.33. The van der Waals surface area contributed by atoms with E-state index in [0.717, 1.165) is 22.6 Å². The average molecular weight is 380 g/mol. The number of benzene rings is 2. The Bertz CT molecular complexity index is 814. The molecule has 0 aliphatic rings. The fourth-order valence-electron chi connectivity index (χ4n) is 2.69. The van der Waals surface area contributed by atoms with E-state index in [1.54, 1.807) is 18.2 Å². The number of phenolic OH excluding ortho intramolecular Hbond substituents is 1. The minimum atomic E-state index is -0.146.